The molecule has 2 fully saturated rings. The second-order valence-electron chi connectivity index (χ2n) is 9.82. The predicted molar refractivity (Wildman–Crippen MR) is 138 cm³/mol. The Labute approximate surface area is 214 Å². The Morgan fingerprint density at radius 1 is 1.08 bits per heavy atom. The van der Waals surface area contributed by atoms with Crippen LogP contribution in [0.4, 0.5) is 4.79 Å². The number of amides is 2. The third kappa shape index (κ3) is 7.15. The molecule has 1 saturated carbocycles. The first-order chi connectivity index (χ1) is 17.6. The van der Waals surface area contributed by atoms with Crippen molar-refractivity contribution in [2.45, 2.75) is 50.7 Å². The summed E-state index contributed by atoms with van der Waals surface area (Å²) in [5, 5.41) is 3.16. The number of imide groups is 1. The highest BCUT2D eigenvalue weighted by atomic mass is 16.7. The fourth-order valence-electron chi connectivity index (χ4n) is 5.43. The topological polar surface area (TPSA) is 77.1 Å². The Kier molecular flexibility index (Phi) is 9.50. The molecular weight excluding hydrogens is 456 g/mol. The molecule has 1 N–H and O–H groups in total. The summed E-state index contributed by atoms with van der Waals surface area (Å²) in [6.45, 7) is 2.07. The maximum atomic E-state index is 13.8. The smallest absolute Gasteiger partial charge is 0.410 e. The average molecular weight is 495 g/mol. The summed E-state index contributed by atoms with van der Waals surface area (Å²) in [6.07, 6.45) is 5.25. The van der Waals surface area contributed by atoms with E-state index in [1.54, 1.807) is 24.3 Å². The third-order valence-corrected chi connectivity index (χ3v) is 7.13. The second kappa shape index (κ2) is 13.0. The lowest BCUT2D eigenvalue weighted by atomic mass is 9.79. The molecule has 2 aromatic rings. The van der Waals surface area contributed by atoms with E-state index in [0.717, 1.165) is 32.1 Å². The van der Waals surface area contributed by atoms with Gasteiger partial charge in [0.25, 0.3) is 0 Å². The lowest BCUT2D eigenvalue weighted by molar-refractivity contribution is -0.188. The van der Waals surface area contributed by atoms with Crippen LogP contribution in [0.5, 0.6) is 5.75 Å². The number of benzene rings is 2. The number of para-hydroxylation sites is 1. The fourth-order valence-corrected chi connectivity index (χ4v) is 5.43. The first-order valence-corrected chi connectivity index (χ1v) is 13.1. The zero-order chi connectivity index (χ0) is 25.2. The molecule has 1 aliphatic heterocycles. The molecule has 2 aromatic carbocycles. The minimum atomic E-state index is -0.622. The summed E-state index contributed by atoms with van der Waals surface area (Å²) in [5.41, 5.74) is 1.18. The molecule has 4 rings (SSSR count). The van der Waals surface area contributed by atoms with Crippen LogP contribution >= 0.6 is 0 Å². The van der Waals surface area contributed by atoms with Gasteiger partial charge < -0.3 is 19.5 Å². The molecule has 1 spiro atoms. The van der Waals surface area contributed by atoms with E-state index in [0.29, 0.717) is 50.8 Å². The Morgan fingerprint density at radius 3 is 2.47 bits per heavy atom. The highest BCUT2D eigenvalue weighted by Gasteiger charge is 2.42. The van der Waals surface area contributed by atoms with Crippen LogP contribution in [0.15, 0.2) is 60.7 Å². The van der Waals surface area contributed by atoms with E-state index in [1.807, 2.05) is 31.3 Å². The minimum absolute atomic E-state index is 0.189. The van der Waals surface area contributed by atoms with Crippen LogP contribution in [0, 0.1) is 11.8 Å². The number of nitrogens with zero attached hydrogens (tertiary/aromatic N) is 1. The van der Waals surface area contributed by atoms with Crippen molar-refractivity contribution >= 4 is 12.0 Å². The van der Waals surface area contributed by atoms with Gasteiger partial charge in [-0.1, -0.05) is 55.0 Å². The molecule has 0 radical (unpaired) electrons. The van der Waals surface area contributed by atoms with Crippen LogP contribution in [0.3, 0.4) is 0 Å². The van der Waals surface area contributed by atoms with E-state index in [4.69, 9.17) is 14.2 Å². The van der Waals surface area contributed by atoms with Crippen molar-refractivity contribution in [1.82, 2.24) is 10.2 Å². The van der Waals surface area contributed by atoms with Gasteiger partial charge in [-0.25, -0.2) is 9.69 Å². The summed E-state index contributed by atoms with van der Waals surface area (Å²) < 4.78 is 17.5. The Morgan fingerprint density at radius 2 is 1.78 bits per heavy atom. The Bertz CT molecular complexity index is 962. The van der Waals surface area contributed by atoms with Crippen molar-refractivity contribution in [1.29, 1.82) is 0 Å². The first kappa shape index (κ1) is 26.3. The van der Waals surface area contributed by atoms with Gasteiger partial charge in [0.2, 0.25) is 5.91 Å². The van der Waals surface area contributed by atoms with Crippen LogP contribution in [0.1, 0.15) is 44.1 Å². The summed E-state index contributed by atoms with van der Waals surface area (Å²) >= 11 is 0. The summed E-state index contributed by atoms with van der Waals surface area (Å²) in [5.74, 6) is -0.283. The van der Waals surface area contributed by atoms with Crippen LogP contribution in [0.25, 0.3) is 0 Å². The third-order valence-electron chi connectivity index (χ3n) is 7.13. The molecule has 36 heavy (non-hydrogen) atoms. The summed E-state index contributed by atoms with van der Waals surface area (Å²) in [7, 11) is 1.84. The van der Waals surface area contributed by atoms with Gasteiger partial charge in [-0.2, -0.15) is 0 Å². The van der Waals surface area contributed by atoms with E-state index in [2.05, 4.69) is 17.4 Å². The maximum Gasteiger partial charge on any atom is 0.421 e. The Hall–Kier alpha value is -2.74. The van der Waals surface area contributed by atoms with E-state index >= 15 is 0 Å². The van der Waals surface area contributed by atoms with Gasteiger partial charge in [0.1, 0.15) is 5.75 Å². The number of hydrogen-bond acceptors (Lipinski definition) is 6. The van der Waals surface area contributed by atoms with Crippen LogP contribution in [0.2, 0.25) is 0 Å². The predicted octanol–water partition coefficient (Wildman–Crippen LogP) is 4.81. The Balaban J connectivity index is 1.45. The van der Waals surface area contributed by atoms with E-state index < -0.39 is 11.9 Å². The van der Waals surface area contributed by atoms with Crippen LogP contribution in [-0.4, -0.2) is 56.0 Å². The fraction of sp³-hybridized carbons (Fsp3) is 0.517. The molecule has 1 heterocycles. The molecule has 7 nitrogen and oxygen atoms in total. The number of nitrogens with one attached hydrogen (secondary N) is 1. The molecule has 2 atom stereocenters. The van der Waals surface area contributed by atoms with Gasteiger partial charge in [-0.05, 0) is 56.3 Å². The number of carbonyl (C=O) groups excluding carboxylic acids is 2. The molecule has 1 aliphatic carbocycles. The normalized spacial score (nSPS) is 19.6. The zero-order valence-electron chi connectivity index (χ0n) is 21.2. The lowest BCUT2D eigenvalue weighted by Crippen LogP contribution is -2.46. The van der Waals surface area contributed by atoms with E-state index in [9.17, 15) is 9.59 Å². The van der Waals surface area contributed by atoms with Gasteiger partial charge in [-0.15, -0.1) is 0 Å². The SMILES string of the molecule is CNC[C@@H](C[C@H]1CCCC2(C1)OCCO2)C(=O)N(CCCc1ccccc1)C(=O)Oc1ccccc1. The lowest BCUT2D eigenvalue weighted by Gasteiger charge is -2.37. The molecule has 0 aromatic heterocycles. The van der Waals surface area contributed by atoms with Crippen molar-refractivity contribution in [3.63, 3.8) is 0 Å². The highest BCUT2D eigenvalue weighted by molar-refractivity contribution is 5.94. The average Bonchev–Trinajstić information content (AvgIpc) is 3.34. The van der Waals surface area contributed by atoms with Crippen molar-refractivity contribution in [3.8, 4) is 5.75 Å². The van der Waals surface area contributed by atoms with Gasteiger partial charge in [0, 0.05) is 25.9 Å². The molecular formula is C29H38N2O5. The monoisotopic (exact) mass is 494 g/mol. The quantitative estimate of drug-likeness (QED) is 0.511. The molecule has 194 valence electrons. The van der Waals surface area contributed by atoms with E-state index in [1.165, 1.54) is 10.5 Å². The van der Waals surface area contributed by atoms with Gasteiger partial charge >= 0.3 is 6.09 Å². The van der Waals surface area contributed by atoms with Crippen molar-refractivity contribution in [2.75, 3.05) is 33.4 Å². The van der Waals surface area contributed by atoms with E-state index in [-0.39, 0.29) is 11.8 Å². The molecule has 0 unspecified atom stereocenters. The summed E-state index contributed by atoms with van der Waals surface area (Å²) in [4.78, 5) is 28.3. The first-order valence-electron chi connectivity index (χ1n) is 13.1. The number of hydrogen-bond donors (Lipinski definition) is 1. The summed E-state index contributed by atoms with van der Waals surface area (Å²) in [6, 6.07) is 19.0. The van der Waals surface area contributed by atoms with Gasteiger partial charge in [0.15, 0.2) is 5.79 Å². The van der Waals surface area contributed by atoms with Crippen LogP contribution in [-0.2, 0) is 20.7 Å². The zero-order valence-corrected chi connectivity index (χ0v) is 21.2. The second-order valence-corrected chi connectivity index (χ2v) is 9.82. The number of aryl methyl sites for hydroxylation is 1. The molecule has 1 saturated heterocycles. The molecule has 2 aliphatic rings. The number of rotatable bonds is 10. The molecule has 0 bridgehead atoms. The molecule has 2 amide bonds. The highest BCUT2D eigenvalue weighted by Crippen LogP contribution is 2.41. The number of carbonyl (C=O) groups is 2. The van der Waals surface area contributed by atoms with Crippen LogP contribution < -0.4 is 10.1 Å². The largest absolute Gasteiger partial charge is 0.421 e. The van der Waals surface area contributed by atoms with Crippen molar-refractivity contribution < 1.29 is 23.8 Å². The molecule has 7 heteroatoms. The van der Waals surface area contributed by atoms with Crippen molar-refractivity contribution in [2.24, 2.45) is 11.8 Å². The number of ether oxygens (including phenoxy) is 3. The van der Waals surface area contributed by atoms with Gasteiger partial charge in [0.05, 0.1) is 19.1 Å². The maximum absolute atomic E-state index is 13.8. The van der Waals surface area contributed by atoms with Gasteiger partial charge in [-0.3, -0.25) is 4.79 Å². The minimum Gasteiger partial charge on any atom is -0.410 e. The van der Waals surface area contributed by atoms with Crippen molar-refractivity contribution in [3.05, 3.63) is 66.2 Å². The standard InChI is InChI=1S/C29H38N2O5/c1-30-22-25(20-24-12-8-16-29(21-24)34-18-19-35-29)27(32)31(17-9-13-23-10-4-2-5-11-23)28(33)36-26-14-6-3-7-15-26/h2-7,10-11,14-15,24-25,30H,8-9,12-13,16-22H2,1H3/t24-,25-/m1/s1.